The van der Waals surface area contributed by atoms with Gasteiger partial charge in [-0.15, -0.1) is 0 Å². The minimum Gasteiger partial charge on any atom is -0.496 e. The Hall–Kier alpha value is -2.33. The van der Waals surface area contributed by atoms with Crippen LogP contribution in [-0.4, -0.2) is 18.1 Å². The van der Waals surface area contributed by atoms with Gasteiger partial charge in [-0.25, -0.2) is 0 Å². The standard InChI is InChI=1S/C15H13NO3/c1-19-13-9-5-4-8-12(13)15(18)11-7-3-2-6-10(11)14(17)16-15/h2-9,18H,1H3,(H,16,17). The molecule has 2 N–H and O–H groups in total. The van der Waals surface area contributed by atoms with Gasteiger partial charge in [-0.1, -0.05) is 36.4 Å². The molecular formula is C15H13NO3. The van der Waals surface area contributed by atoms with E-state index in [4.69, 9.17) is 4.74 Å². The fraction of sp³-hybridized carbons (Fsp3) is 0.133. The van der Waals surface area contributed by atoms with Crippen LogP contribution in [0.4, 0.5) is 0 Å². The zero-order chi connectivity index (χ0) is 13.5. The third-order valence-electron chi connectivity index (χ3n) is 3.35. The van der Waals surface area contributed by atoms with E-state index in [1.165, 1.54) is 7.11 Å². The largest absolute Gasteiger partial charge is 0.496 e. The first-order valence-electron chi connectivity index (χ1n) is 5.94. The van der Waals surface area contributed by atoms with Gasteiger partial charge in [-0.05, 0) is 12.1 Å². The topological polar surface area (TPSA) is 58.6 Å². The van der Waals surface area contributed by atoms with E-state index in [-0.39, 0.29) is 5.91 Å². The van der Waals surface area contributed by atoms with Gasteiger partial charge in [0.05, 0.1) is 12.7 Å². The average Bonchev–Trinajstić information content (AvgIpc) is 2.72. The van der Waals surface area contributed by atoms with E-state index in [0.29, 0.717) is 22.4 Å². The van der Waals surface area contributed by atoms with Crippen molar-refractivity contribution < 1.29 is 14.6 Å². The lowest BCUT2D eigenvalue weighted by Crippen LogP contribution is -2.40. The second-order valence-electron chi connectivity index (χ2n) is 4.41. The molecule has 0 saturated carbocycles. The van der Waals surface area contributed by atoms with Gasteiger partial charge in [0.15, 0.2) is 5.72 Å². The number of benzene rings is 2. The van der Waals surface area contributed by atoms with Gasteiger partial charge >= 0.3 is 0 Å². The second kappa shape index (κ2) is 4.10. The quantitative estimate of drug-likeness (QED) is 0.857. The van der Waals surface area contributed by atoms with Crippen LogP contribution in [0.3, 0.4) is 0 Å². The predicted molar refractivity (Wildman–Crippen MR) is 69.9 cm³/mol. The number of amides is 1. The molecule has 0 bridgehead atoms. The number of ether oxygens (including phenoxy) is 1. The Morgan fingerprint density at radius 2 is 1.68 bits per heavy atom. The molecule has 1 unspecified atom stereocenters. The zero-order valence-electron chi connectivity index (χ0n) is 10.4. The van der Waals surface area contributed by atoms with E-state index in [9.17, 15) is 9.90 Å². The second-order valence-corrected chi connectivity index (χ2v) is 4.41. The molecule has 19 heavy (non-hydrogen) atoms. The normalized spacial score (nSPS) is 20.8. The molecule has 0 radical (unpaired) electrons. The number of hydrogen-bond acceptors (Lipinski definition) is 3. The molecule has 1 amide bonds. The van der Waals surface area contributed by atoms with Crippen molar-refractivity contribution in [2.24, 2.45) is 0 Å². The lowest BCUT2D eigenvalue weighted by Gasteiger charge is -2.26. The van der Waals surface area contributed by atoms with Gasteiger partial charge in [0, 0.05) is 11.1 Å². The van der Waals surface area contributed by atoms with Crippen molar-refractivity contribution >= 4 is 5.91 Å². The molecule has 2 aromatic carbocycles. The molecule has 4 heteroatoms. The first-order valence-corrected chi connectivity index (χ1v) is 5.94. The highest BCUT2D eigenvalue weighted by atomic mass is 16.5. The highest BCUT2D eigenvalue weighted by Gasteiger charge is 2.44. The molecule has 0 saturated heterocycles. The smallest absolute Gasteiger partial charge is 0.254 e. The number of carbonyl (C=O) groups is 1. The number of aliphatic hydroxyl groups is 1. The maximum Gasteiger partial charge on any atom is 0.254 e. The predicted octanol–water partition coefficient (Wildman–Crippen LogP) is 1.63. The molecule has 0 spiro atoms. The minimum absolute atomic E-state index is 0.288. The summed E-state index contributed by atoms with van der Waals surface area (Å²) in [5, 5.41) is 13.5. The van der Waals surface area contributed by atoms with Crippen LogP contribution in [0.5, 0.6) is 5.75 Å². The highest BCUT2D eigenvalue weighted by Crippen LogP contribution is 2.38. The first kappa shape index (κ1) is 11.7. The molecule has 2 aromatic rings. The van der Waals surface area contributed by atoms with Crippen LogP contribution in [0.15, 0.2) is 48.5 Å². The summed E-state index contributed by atoms with van der Waals surface area (Å²) in [4.78, 5) is 11.9. The number of methoxy groups -OCH3 is 1. The summed E-state index contributed by atoms with van der Waals surface area (Å²) >= 11 is 0. The van der Waals surface area contributed by atoms with Gasteiger partial charge in [-0.2, -0.15) is 0 Å². The third kappa shape index (κ3) is 1.61. The molecule has 96 valence electrons. The Balaban J connectivity index is 2.23. The zero-order valence-corrected chi connectivity index (χ0v) is 10.4. The number of rotatable bonds is 2. The first-order chi connectivity index (χ1) is 9.16. The maximum absolute atomic E-state index is 11.9. The van der Waals surface area contributed by atoms with Gasteiger partial charge in [0.25, 0.3) is 5.91 Å². The highest BCUT2D eigenvalue weighted by molar-refractivity contribution is 6.00. The van der Waals surface area contributed by atoms with Crippen molar-refractivity contribution in [3.8, 4) is 5.75 Å². The fourth-order valence-electron chi connectivity index (χ4n) is 2.45. The van der Waals surface area contributed by atoms with Gasteiger partial charge in [0.2, 0.25) is 0 Å². The average molecular weight is 255 g/mol. The van der Waals surface area contributed by atoms with E-state index >= 15 is 0 Å². The van der Waals surface area contributed by atoms with Crippen LogP contribution >= 0.6 is 0 Å². The fourth-order valence-corrected chi connectivity index (χ4v) is 2.45. The van der Waals surface area contributed by atoms with Gasteiger partial charge < -0.3 is 15.2 Å². The summed E-state index contributed by atoms with van der Waals surface area (Å²) in [6.07, 6.45) is 0. The third-order valence-corrected chi connectivity index (χ3v) is 3.35. The van der Waals surface area contributed by atoms with Crippen molar-refractivity contribution in [3.63, 3.8) is 0 Å². The van der Waals surface area contributed by atoms with Crippen LogP contribution < -0.4 is 10.1 Å². The van der Waals surface area contributed by atoms with Crippen molar-refractivity contribution in [3.05, 3.63) is 65.2 Å². The summed E-state index contributed by atoms with van der Waals surface area (Å²) in [6, 6.07) is 14.1. The molecule has 0 aliphatic carbocycles. The van der Waals surface area contributed by atoms with Crippen LogP contribution in [0, 0.1) is 0 Å². The lowest BCUT2D eigenvalue weighted by molar-refractivity contribution is 0.0459. The number of carbonyl (C=O) groups excluding carboxylic acids is 1. The molecule has 4 nitrogen and oxygen atoms in total. The molecule has 0 fully saturated rings. The van der Waals surface area contributed by atoms with E-state index in [0.717, 1.165) is 0 Å². The van der Waals surface area contributed by atoms with E-state index in [1.807, 2.05) is 6.07 Å². The molecule has 1 heterocycles. The summed E-state index contributed by atoms with van der Waals surface area (Å²) < 4.78 is 5.26. The van der Waals surface area contributed by atoms with Crippen LogP contribution in [0.2, 0.25) is 0 Å². The Morgan fingerprint density at radius 1 is 1.05 bits per heavy atom. The molecular weight excluding hydrogens is 242 g/mol. The number of para-hydroxylation sites is 1. The van der Waals surface area contributed by atoms with Crippen LogP contribution in [0.25, 0.3) is 0 Å². The van der Waals surface area contributed by atoms with Crippen molar-refractivity contribution in [1.29, 1.82) is 0 Å². The molecule has 0 aromatic heterocycles. The SMILES string of the molecule is COc1ccccc1C1(O)NC(=O)c2ccccc21. The van der Waals surface area contributed by atoms with Crippen LogP contribution in [-0.2, 0) is 5.72 Å². The van der Waals surface area contributed by atoms with E-state index < -0.39 is 5.72 Å². The molecule has 3 rings (SSSR count). The lowest BCUT2D eigenvalue weighted by atomic mass is 9.94. The van der Waals surface area contributed by atoms with Crippen molar-refractivity contribution in [2.45, 2.75) is 5.72 Å². The van der Waals surface area contributed by atoms with Crippen molar-refractivity contribution in [2.75, 3.05) is 7.11 Å². The molecule has 1 atom stereocenters. The maximum atomic E-state index is 11.9. The Labute approximate surface area is 110 Å². The Kier molecular flexibility index (Phi) is 2.54. The number of fused-ring (bicyclic) bond motifs is 1. The Bertz CT molecular complexity index is 653. The molecule has 1 aliphatic heterocycles. The Morgan fingerprint density at radius 3 is 2.42 bits per heavy atom. The van der Waals surface area contributed by atoms with Crippen molar-refractivity contribution in [1.82, 2.24) is 5.32 Å². The molecule has 1 aliphatic rings. The van der Waals surface area contributed by atoms with Gasteiger partial charge in [-0.3, -0.25) is 4.79 Å². The van der Waals surface area contributed by atoms with E-state index in [2.05, 4.69) is 5.32 Å². The van der Waals surface area contributed by atoms with Crippen LogP contribution in [0.1, 0.15) is 21.5 Å². The summed E-state index contributed by atoms with van der Waals surface area (Å²) in [5.74, 6) is 0.242. The number of hydrogen-bond donors (Lipinski definition) is 2. The summed E-state index contributed by atoms with van der Waals surface area (Å²) in [6.45, 7) is 0. The minimum atomic E-state index is -1.54. The summed E-state index contributed by atoms with van der Waals surface area (Å²) in [7, 11) is 1.53. The van der Waals surface area contributed by atoms with E-state index in [1.54, 1.807) is 42.5 Å². The summed E-state index contributed by atoms with van der Waals surface area (Å²) in [5.41, 5.74) is 0.0107. The monoisotopic (exact) mass is 255 g/mol. The van der Waals surface area contributed by atoms with Gasteiger partial charge in [0.1, 0.15) is 5.75 Å². The number of nitrogens with one attached hydrogen (secondary N) is 1.